The van der Waals surface area contributed by atoms with E-state index < -0.39 is 0 Å². The van der Waals surface area contributed by atoms with Crippen molar-refractivity contribution in [2.24, 2.45) is 5.92 Å². The average Bonchev–Trinajstić information content (AvgIpc) is 2.27. The molecule has 1 aliphatic carbocycles. The third-order valence-electron chi connectivity index (χ3n) is 3.51. The number of rotatable bonds is 2. The van der Waals surface area contributed by atoms with Crippen molar-refractivity contribution in [2.45, 2.75) is 52.5 Å². The molecule has 0 radical (unpaired) electrons. The van der Waals surface area contributed by atoms with E-state index in [0.29, 0.717) is 6.04 Å². The van der Waals surface area contributed by atoms with Gasteiger partial charge < -0.3 is 5.32 Å². The van der Waals surface area contributed by atoms with Crippen LogP contribution < -0.4 is 5.32 Å². The molecule has 0 bridgehead atoms. The summed E-state index contributed by atoms with van der Waals surface area (Å²) in [5, 5.41) is 3.57. The lowest BCUT2D eigenvalue weighted by Crippen LogP contribution is -2.31. The summed E-state index contributed by atoms with van der Waals surface area (Å²) >= 11 is 0. The monoisotopic (exact) mass is 219 g/mol. The Bertz CT molecular complexity index is 362. The highest BCUT2D eigenvalue weighted by molar-refractivity contribution is 5.40. The highest BCUT2D eigenvalue weighted by atomic mass is 15.0. The lowest BCUT2D eigenvalue weighted by molar-refractivity contribution is 0.348. The third-order valence-corrected chi connectivity index (χ3v) is 3.51. The van der Waals surface area contributed by atoms with E-state index in [9.17, 15) is 0 Å². The molecule has 0 spiro atoms. The average molecular weight is 219 g/mol. The maximum atomic E-state index is 4.53. The zero-order valence-corrected chi connectivity index (χ0v) is 10.5. The summed E-state index contributed by atoms with van der Waals surface area (Å²) < 4.78 is 0. The normalized spacial score (nSPS) is 25.4. The van der Waals surface area contributed by atoms with E-state index in [2.05, 4.69) is 22.2 Å². The van der Waals surface area contributed by atoms with Crippen LogP contribution in [0.4, 0.5) is 5.82 Å². The van der Waals surface area contributed by atoms with Crippen LogP contribution in [0.3, 0.4) is 0 Å². The van der Waals surface area contributed by atoms with Gasteiger partial charge in [-0.25, -0.2) is 4.98 Å². The van der Waals surface area contributed by atoms with Crippen LogP contribution in [-0.2, 0) is 0 Å². The van der Waals surface area contributed by atoms with Crippen LogP contribution in [0.15, 0.2) is 6.20 Å². The van der Waals surface area contributed by atoms with Crippen molar-refractivity contribution in [2.75, 3.05) is 5.32 Å². The minimum atomic E-state index is 0.573. The predicted octanol–water partition coefficient (Wildman–Crippen LogP) is 3.08. The van der Waals surface area contributed by atoms with Gasteiger partial charge >= 0.3 is 0 Å². The molecule has 1 N–H and O–H groups in total. The largest absolute Gasteiger partial charge is 0.366 e. The first-order valence-corrected chi connectivity index (χ1v) is 6.23. The van der Waals surface area contributed by atoms with Crippen molar-refractivity contribution >= 4 is 5.82 Å². The highest BCUT2D eigenvalue weighted by Gasteiger charge is 2.21. The molecule has 1 aromatic heterocycles. The molecule has 0 amide bonds. The first-order chi connectivity index (χ1) is 7.66. The van der Waals surface area contributed by atoms with Gasteiger partial charge in [-0.1, -0.05) is 19.8 Å². The molecule has 16 heavy (non-hydrogen) atoms. The quantitative estimate of drug-likeness (QED) is 0.830. The second-order valence-corrected chi connectivity index (χ2v) is 4.96. The Labute approximate surface area is 97.7 Å². The Balaban J connectivity index is 2.10. The fourth-order valence-corrected chi connectivity index (χ4v) is 2.38. The SMILES string of the molecule is Cc1cnc(C)c(NC2CCCCC2C)n1. The van der Waals surface area contributed by atoms with Crippen LogP contribution in [0, 0.1) is 19.8 Å². The maximum absolute atomic E-state index is 4.53. The fraction of sp³-hybridized carbons (Fsp3) is 0.692. The summed E-state index contributed by atoms with van der Waals surface area (Å²) in [6.07, 6.45) is 7.12. The van der Waals surface area contributed by atoms with Gasteiger partial charge in [-0.3, -0.25) is 4.98 Å². The molecule has 1 fully saturated rings. The lowest BCUT2D eigenvalue weighted by atomic mass is 9.86. The Morgan fingerprint density at radius 1 is 1.25 bits per heavy atom. The van der Waals surface area contributed by atoms with Gasteiger partial charge in [0.05, 0.1) is 11.4 Å². The Hall–Kier alpha value is -1.12. The first kappa shape index (κ1) is 11.4. The molecule has 3 heteroatoms. The number of aryl methyl sites for hydroxylation is 2. The Morgan fingerprint density at radius 3 is 2.75 bits per heavy atom. The molecule has 88 valence electrons. The number of hydrogen-bond acceptors (Lipinski definition) is 3. The summed E-state index contributed by atoms with van der Waals surface area (Å²) in [6.45, 7) is 6.33. The van der Waals surface area contributed by atoms with E-state index in [1.165, 1.54) is 25.7 Å². The van der Waals surface area contributed by atoms with Crippen LogP contribution in [0.2, 0.25) is 0 Å². The number of hydrogen-bond donors (Lipinski definition) is 1. The minimum Gasteiger partial charge on any atom is -0.366 e. The second-order valence-electron chi connectivity index (χ2n) is 4.96. The molecule has 3 nitrogen and oxygen atoms in total. The van der Waals surface area contributed by atoms with Crippen molar-refractivity contribution in [3.05, 3.63) is 17.6 Å². The van der Waals surface area contributed by atoms with Gasteiger partial charge in [-0.05, 0) is 32.6 Å². The molecule has 0 saturated heterocycles. The molecule has 1 aliphatic rings. The molecule has 1 saturated carbocycles. The maximum Gasteiger partial charge on any atom is 0.147 e. The topological polar surface area (TPSA) is 37.8 Å². The van der Waals surface area contributed by atoms with E-state index in [0.717, 1.165) is 23.1 Å². The summed E-state index contributed by atoms with van der Waals surface area (Å²) in [4.78, 5) is 8.87. The van der Waals surface area contributed by atoms with Crippen LogP contribution in [0.1, 0.15) is 44.0 Å². The zero-order chi connectivity index (χ0) is 11.5. The molecule has 1 aromatic rings. The fourth-order valence-electron chi connectivity index (χ4n) is 2.38. The van der Waals surface area contributed by atoms with Gasteiger partial charge in [0, 0.05) is 12.2 Å². The summed E-state index contributed by atoms with van der Waals surface area (Å²) in [5.41, 5.74) is 1.99. The third kappa shape index (κ3) is 2.52. The van der Waals surface area contributed by atoms with Gasteiger partial charge in [0.2, 0.25) is 0 Å². The van der Waals surface area contributed by atoms with Crippen molar-refractivity contribution in [3.63, 3.8) is 0 Å². The van der Waals surface area contributed by atoms with Crippen LogP contribution >= 0.6 is 0 Å². The zero-order valence-electron chi connectivity index (χ0n) is 10.5. The first-order valence-electron chi connectivity index (χ1n) is 6.23. The highest BCUT2D eigenvalue weighted by Crippen LogP contribution is 2.26. The van der Waals surface area contributed by atoms with Crippen LogP contribution in [0.25, 0.3) is 0 Å². The van der Waals surface area contributed by atoms with E-state index in [1.54, 1.807) is 0 Å². The molecule has 2 atom stereocenters. The van der Waals surface area contributed by atoms with Crippen molar-refractivity contribution < 1.29 is 0 Å². The Morgan fingerprint density at radius 2 is 2.00 bits per heavy atom. The van der Waals surface area contributed by atoms with Crippen molar-refractivity contribution in [1.82, 2.24) is 9.97 Å². The number of nitrogens with zero attached hydrogens (tertiary/aromatic N) is 2. The van der Waals surface area contributed by atoms with E-state index in [1.807, 2.05) is 20.0 Å². The standard InChI is InChI=1S/C13H21N3/c1-9-6-4-5-7-12(9)16-13-11(3)14-8-10(2)15-13/h8-9,12H,4-7H2,1-3H3,(H,15,16). The Kier molecular flexibility index (Phi) is 3.42. The van der Waals surface area contributed by atoms with E-state index >= 15 is 0 Å². The molecule has 0 aromatic carbocycles. The predicted molar refractivity (Wildman–Crippen MR) is 66.5 cm³/mol. The van der Waals surface area contributed by atoms with Gasteiger partial charge in [0.1, 0.15) is 5.82 Å². The minimum absolute atomic E-state index is 0.573. The van der Waals surface area contributed by atoms with E-state index in [4.69, 9.17) is 0 Å². The summed E-state index contributed by atoms with van der Waals surface area (Å²) in [7, 11) is 0. The number of aromatic nitrogens is 2. The van der Waals surface area contributed by atoms with E-state index in [-0.39, 0.29) is 0 Å². The van der Waals surface area contributed by atoms with Crippen LogP contribution in [0.5, 0.6) is 0 Å². The summed E-state index contributed by atoms with van der Waals surface area (Å²) in [5.74, 6) is 1.72. The van der Waals surface area contributed by atoms with Gasteiger partial charge in [0.25, 0.3) is 0 Å². The van der Waals surface area contributed by atoms with Crippen LogP contribution in [-0.4, -0.2) is 16.0 Å². The molecular formula is C13H21N3. The smallest absolute Gasteiger partial charge is 0.147 e. The molecular weight excluding hydrogens is 198 g/mol. The number of anilines is 1. The van der Waals surface area contributed by atoms with Gasteiger partial charge in [-0.15, -0.1) is 0 Å². The summed E-state index contributed by atoms with van der Waals surface area (Å²) in [6, 6.07) is 0.573. The van der Waals surface area contributed by atoms with Gasteiger partial charge in [-0.2, -0.15) is 0 Å². The van der Waals surface area contributed by atoms with Crippen molar-refractivity contribution in [3.8, 4) is 0 Å². The number of nitrogens with one attached hydrogen (secondary N) is 1. The molecule has 2 rings (SSSR count). The van der Waals surface area contributed by atoms with Crippen molar-refractivity contribution in [1.29, 1.82) is 0 Å². The second kappa shape index (κ2) is 4.81. The lowest BCUT2D eigenvalue weighted by Gasteiger charge is -2.30. The molecule has 1 heterocycles. The van der Waals surface area contributed by atoms with Gasteiger partial charge in [0.15, 0.2) is 0 Å². The molecule has 2 unspecified atom stereocenters. The molecule has 0 aliphatic heterocycles.